The van der Waals surface area contributed by atoms with E-state index in [1.807, 2.05) is 30.3 Å². The molecule has 20 heavy (non-hydrogen) atoms. The molecule has 0 saturated carbocycles. The van der Waals surface area contributed by atoms with E-state index in [1.165, 1.54) is 6.20 Å². The molecular weight excluding hydrogens is 246 g/mol. The molecule has 2 heterocycles. The van der Waals surface area contributed by atoms with Gasteiger partial charge in [0.15, 0.2) is 0 Å². The van der Waals surface area contributed by atoms with Gasteiger partial charge in [0.25, 0.3) is 0 Å². The van der Waals surface area contributed by atoms with Gasteiger partial charge >= 0.3 is 0 Å². The lowest BCUT2D eigenvalue weighted by Crippen LogP contribution is -1.83. The molecule has 0 radical (unpaired) electrons. The Morgan fingerprint density at radius 2 is 1.95 bits per heavy atom. The Balaban J connectivity index is 1.93. The summed E-state index contributed by atoms with van der Waals surface area (Å²) < 4.78 is 44.3. The van der Waals surface area contributed by atoms with E-state index in [9.17, 15) is 0 Å². The smallest absolute Gasteiger partial charge is 0.135 e. The fraction of sp³-hybridized carbons (Fsp3) is 0.0556. The van der Waals surface area contributed by atoms with E-state index in [0.29, 0.717) is 5.56 Å². The third-order valence-corrected chi connectivity index (χ3v) is 3.29. The normalized spacial score (nSPS) is 15.5. The van der Waals surface area contributed by atoms with Crippen LogP contribution < -0.4 is 0 Å². The number of hydrogen-bond donors (Lipinski definition) is 0. The Morgan fingerprint density at radius 3 is 2.90 bits per heavy atom. The number of rotatable bonds is 1. The van der Waals surface area contributed by atoms with Crippen molar-refractivity contribution in [3.63, 3.8) is 0 Å². The molecule has 2 aromatic carbocycles. The lowest BCUT2D eigenvalue weighted by molar-refractivity contribution is 0.669. The molecule has 0 aliphatic heterocycles. The van der Waals surface area contributed by atoms with Crippen LogP contribution in [0.1, 0.15) is 12.4 Å². The van der Waals surface area contributed by atoms with Crippen molar-refractivity contribution < 1.29 is 11.3 Å². The molecule has 0 atom stereocenters. The van der Waals surface area contributed by atoms with Crippen LogP contribution in [-0.4, -0.2) is 4.98 Å². The molecular formula is C18H13NO. The Hall–Kier alpha value is -2.61. The number of fused-ring (bicyclic) bond motifs is 3. The zero-order valence-corrected chi connectivity index (χ0v) is 10.5. The number of aryl methyl sites for hydroxylation is 1. The summed E-state index contributed by atoms with van der Waals surface area (Å²) in [5.41, 5.74) is 2.21. The van der Waals surface area contributed by atoms with Gasteiger partial charge in [0, 0.05) is 26.6 Å². The fourth-order valence-electron chi connectivity index (χ4n) is 2.34. The number of para-hydroxylation sites is 1. The van der Waals surface area contributed by atoms with E-state index < -0.39 is 6.85 Å². The molecule has 4 rings (SSSR count). The van der Waals surface area contributed by atoms with Crippen molar-refractivity contribution in [3.05, 3.63) is 66.3 Å². The van der Waals surface area contributed by atoms with Gasteiger partial charge in [-0.15, -0.1) is 0 Å². The van der Waals surface area contributed by atoms with Gasteiger partial charge in [-0.3, -0.25) is 4.98 Å². The molecule has 0 aliphatic carbocycles. The van der Waals surface area contributed by atoms with Crippen molar-refractivity contribution in [2.75, 3.05) is 0 Å². The predicted octanol–water partition coefficient (Wildman–Crippen LogP) is 4.96. The lowest BCUT2D eigenvalue weighted by atomic mass is 10.1. The zero-order chi connectivity index (χ0) is 17.8. The zero-order valence-electron chi connectivity index (χ0n) is 15.5. The first-order chi connectivity index (χ1) is 11.9. The highest BCUT2D eigenvalue weighted by molar-refractivity contribution is 6.06. The SMILES string of the molecule is [2H]c1c(C([2H])([2H])[2H])cnc(-c2ccc3oc4ccccc4c3c2)c1[2H]. The van der Waals surface area contributed by atoms with E-state index in [-0.39, 0.29) is 23.3 Å². The van der Waals surface area contributed by atoms with Crippen LogP contribution in [0.2, 0.25) is 0 Å². The first-order valence-corrected chi connectivity index (χ1v) is 6.24. The van der Waals surface area contributed by atoms with Crippen molar-refractivity contribution in [3.8, 4) is 11.3 Å². The monoisotopic (exact) mass is 264 g/mol. The Kier molecular flexibility index (Phi) is 1.52. The second-order valence-electron chi connectivity index (χ2n) is 4.58. The molecule has 0 saturated heterocycles. The molecule has 0 fully saturated rings. The number of nitrogens with zero attached hydrogens (tertiary/aromatic N) is 1. The van der Waals surface area contributed by atoms with E-state index in [2.05, 4.69) is 4.98 Å². The van der Waals surface area contributed by atoms with E-state index >= 15 is 0 Å². The van der Waals surface area contributed by atoms with Crippen LogP contribution in [0.25, 0.3) is 33.2 Å². The maximum atomic E-state index is 8.16. The average Bonchev–Trinajstić information content (AvgIpc) is 2.94. The van der Waals surface area contributed by atoms with Gasteiger partial charge in [-0.2, -0.15) is 0 Å². The lowest BCUT2D eigenvalue weighted by Gasteiger charge is -2.01. The molecule has 0 unspecified atom stereocenters. The third-order valence-electron chi connectivity index (χ3n) is 3.29. The van der Waals surface area contributed by atoms with Crippen molar-refractivity contribution in [1.29, 1.82) is 0 Å². The molecule has 2 heteroatoms. The summed E-state index contributed by atoms with van der Waals surface area (Å²) in [6.45, 7) is -2.46. The number of benzene rings is 2. The minimum Gasteiger partial charge on any atom is -0.456 e. The standard InChI is InChI=1S/C18H13NO/c1-12-6-8-16(19-11-12)13-7-9-18-15(10-13)14-4-2-3-5-17(14)20-18/h2-11H,1H3/i1D3,6D,8D. The largest absolute Gasteiger partial charge is 0.456 e. The van der Waals surface area contributed by atoms with Gasteiger partial charge in [-0.05, 0) is 42.7 Å². The van der Waals surface area contributed by atoms with Crippen LogP contribution in [0.4, 0.5) is 0 Å². The summed E-state index contributed by atoms with van der Waals surface area (Å²) in [6.07, 6.45) is 1.17. The Labute approximate surface area is 123 Å². The topological polar surface area (TPSA) is 26.0 Å². The van der Waals surface area contributed by atoms with Gasteiger partial charge in [0.2, 0.25) is 0 Å². The van der Waals surface area contributed by atoms with Crippen LogP contribution in [0.3, 0.4) is 0 Å². The molecule has 0 bridgehead atoms. The first-order valence-electron chi connectivity index (χ1n) is 8.74. The van der Waals surface area contributed by atoms with Crippen molar-refractivity contribution in [2.24, 2.45) is 0 Å². The summed E-state index contributed by atoms with van der Waals surface area (Å²) in [4.78, 5) is 4.15. The predicted molar refractivity (Wildman–Crippen MR) is 81.7 cm³/mol. The van der Waals surface area contributed by atoms with Crippen LogP contribution in [0.15, 0.2) is 65.2 Å². The average molecular weight is 264 g/mol. The highest BCUT2D eigenvalue weighted by Gasteiger charge is 2.08. The molecule has 0 spiro atoms. The quantitative estimate of drug-likeness (QED) is 0.486. The van der Waals surface area contributed by atoms with Crippen molar-refractivity contribution in [2.45, 2.75) is 6.85 Å². The Bertz CT molecular complexity index is 1110. The van der Waals surface area contributed by atoms with Gasteiger partial charge in [0.05, 0.1) is 8.44 Å². The summed E-state index contributed by atoms with van der Waals surface area (Å²) in [6, 6.07) is 12.6. The van der Waals surface area contributed by atoms with Crippen LogP contribution >= 0.6 is 0 Å². The van der Waals surface area contributed by atoms with Gasteiger partial charge in [-0.1, -0.05) is 24.2 Å². The van der Waals surface area contributed by atoms with Crippen molar-refractivity contribution in [1.82, 2.24) is 4.98 Å². The molecule has 0 amide bonds. The second-order valence-corrected chi connectivity index (χ2v) is 4.58. The number of furan rings is 1. The van der Waals surface area contributed by atoms with Gasteiger partial charge in [0.1, 0.15) is 11.2 Å². The van der Waals surface area contributed by atoms with E-state index in [4.69, 9.17) is 11.3 Å². The van der Waals surface area contributed by atoms with Crippen molar-refractivity contribution >= 4 is 21.9 Å². The first kappa shape index (κ1) is 7.25. The Morgan fingerprint density at radius 1 is 1.05 bits per heavy atom. The molecule has 96 valence electrons. The fourth-order valence-corrected chi connectivity index (χ4v) is 2.34. The van der Waals surface area contributed by atoms with Crippen LogP contribution in [0.5, 0.6) is 0 Å². The van der Waals surface area contributed by atoms with E-state index in [0.717, 1.165) is 21.9 Å². The minimum atomic E-state index is -2.46. The minimum absolute atomic E-state index is 0.194. The summed E-state index contributed by atoms with van der Waals surface area (Å²) in [5, 5.41) is 1.84. The van der Waals surface area contributed by atoms with Crippen LogP contribution in [0, 0.1) is 6.85 Å². The highest BCUT2D eigenvalue weighted by atomic mass is 16.3. The molecule has 4 aromatic rings. The maximum absolute atomic E-state index is 8.16. The number of aromatic nitrogens is 1. The maximum Gasteiger partial charge on any atom is 0.135 e. The second kappa shape index (κ2) is 4.20. The summed E-state index contributed by atoms with van der Waals surface area (Å²) in [5.74, 6) is 0. The molecule has 0 N–H and O–H groups in total. The number of pyridine rings is 1. The summed E-state index contributed by atoms with van der Waals surface area (Å²) >= 11 is 0. The van der Waals surface area contributed by atoms with Gasteiger partial charge in [-0.25, -0.2) is 0 Å². The highest BCUT2D eigenvalue weighted by Crippen LogP contribution is 2.31. The van der Waals surface area contributed by atoms with E-state index in [1.54, 1.807) is 12.1 Å². The molecule has 0 aliphatic rings. The van der Waals surface area contributed by atoms with Gasteiger partial charge < -0.3 is 4.42 Å². The summed E-state index contributed by atoms with van der Waals surface area (Å²) in [7, 11) is 0. The number of hydrogen-bond acceptors (Lipinski definition) is 2. The third kappa shape index (κ3) is 1.69. The van der Waals surface area contributed by atoms with Crippen LogP contribution in [-0.2, 0) is 0 Å². The molecule has 2 aromatic heterocycles. The molecule has 2 nitrogen and oxygen atoms in total.